The van der Waals surface area contributed by atoms with Gasteiger partial charge in [-0.25, -0.2) is 9.97 Å². The first-order valence-corrected chi connectivity index (χ1v) is 8.72. The highest BCUT2D eigenvalue weighted by molar-refractivity contribution is 5.91. The monoisotopic (exact) mass is 343 g/mol. The molecule has 5 heteroatoms. The minimum Gasteiger partial charge on any atom is -0.364 e. The molecular formula is C21H21N5. The molecule has 0 spiro atoms. The van der Waals surface area contributed by atoms with Gasteiger partial charge >= 0.3 is 0 Å². The molecule has 130 valence electrons. The molecule has 0 fully saturated rings. The summed E-state index contributed by atoms with van der Waals surface area (Å²) in [6.45, 7) is 5.71. The molecule has 26 heavy (non-hydrogen) atoms. The molecule has 4 rings (SSSR count). The SMILES string of the molecule is Cc1c(C)n(Cc2ccccc2)c2ncnc(NCc3ccccn3)c12. The van der Waals surface area contributed by atoms with Gasteiger partial charge in [0.25, 0.3) is 0 Å². The average Bonchev–Trinajstić information content (AvgIpc) is 2.93. The number of aryl methyl sites for hydroxylation is 1. The van der Waals surface area contributed by atoms with Crippen LogP contribution < -0.4 is 5.32 Å². The highest BCUT2D eigenvalue weighted by Crippen LogP contribution is 2.29. The summed E-state index contributed by atoms with van der Waals surface area (Å²) in [6.07, 6.45) is 3.43. The van der Waals surface area contributed by atoms with Crippen molar-refractivity contribution in [1.29, 1.82) is 0 Å². The van der Waals surface area contributed by atoms with Crippen molar-refractivity contribution in [3.8, 4) is 0 Å². The minimum atomic E-state index is 0.634. The quantitative estimate of drug-likeness (QED) is 0.593. The minimum absolute atomic E-state index is 0.634. The molecule has 0 saturated carbocycles. The van der Waals surface area contributed by atoms with E-state index in [2.05, 4.69) is 62.9 Å². The van der Waals surface area contributed by atoms with E-state index in [4.69, 9.17) is 0 Å². The maximum absolute atomic E-state index is 4.57. The van der Waals surface area contributed by atoms with Crippen LogP contribution in [0.3, 0.4) is 0 Å². The van der Waals surface area contributed by atoms with Crippen molar-refractivity contribution in [2.45, 2.75) is 26.9 Å². The van der Waals surface area contributed by atoms with E-state index >= 15 is 0 Å². The largest absolute Gasteiger partial charge is 0.364 e. The van der Waals surface area contributed by atoms with Gasteiger partial charge in [0, 0.05) is 18.4 Å². The Kier molecular flexibility index (Phi) is 4.35. The summed E-state index contributed by atoms with van der Waals surface area (Å²) >= 11 is 0. The molecule has 5 nitrogen and oxygen atoms in total. The summed E-state index contributed by atoms with van der Waals surface area (Å²) in [6, 6.07) is 16.4. The number of rotatable bonds is 5. The molecule has 1 N–H and O–H groups in total. The lowest BCUT2D eigenvalue weighted by atomic mass is 10.2. The first-order chi connectivity index (χ1) is 12.7. The zero-order valence-electron chi connectivity index (χ0n) is 15.0. The molecule has 0 aliphatic rings. The van der Waals surface area contributed by atoms with Crippen LogP contribution in [-0.4, -0.2) is 19.5 Å². The second-order valence-electron chi connectivity index (χ2n) is 6.38. The molecule has 0 aliphatic carbocycles. The van der Waals surface area contributed by atoms with E-state index in [0.717, 1.165) is 29.1 Å². The van der Waals surface area contributed by atoms with Gasteiger partial charge in [-0.1, -0.05) is 36.4 Å². The first-order valence-electron chi connectivity index (χ1n) is 8.72. The molecule has 0 unspecified atom stereocenters. The zero-order valence-corrected chi connectivity index (χ0v) is 15.0. The first kappa shape index (κ1) is 16.3. The van der Waals surface area contributed by atoms with Gasteiger partial charge in [-0.2, -0.15) is 0 Å². The number of anilines is 1. The van der Waals surface area contributed by atoms with Gasteiger partial charge in [0.05, 0.1) is 17.6 Å². The molecule has 1 aromatic carbocycles. The predicted molar refractivity (Wildman–Crippen MR) is 104 cm³/mol. The van der Waals surface area contributed by atoms with Gasteiger partial charge in [0.15, 0.2) is 0 Å². The number of nitrogens with zero attached hydrogens (tertiary/aromatic N) is 4. The number of pyridine rings is 1. The lowest BCUT2D eigenvalue weighted by molar-refractivity contribution is 0.790. The summed E-state index contributed by atoms with van der Waals surface area (Å²) in [4.78, 5) is 13.4. The standard InChI is InChI=1S/C21H21N5/c1-15-16(2)26(13-17-8-4-3-5-9-17)21-19(15)20(24-14-25-21)23-12-18-10-6-7-11-22-18/h3-11,14H,12-13H2,1-2H3,(H,23,24,25). The normalized spacial score (nSPS) is 11.0. The van der Waals surface area contributed by atoms with Crippen LogP contribution in [0.5, 0.6) is 0 Å². The topological polar surface area (TPSA) is 55.6 Å². The van der Waals surface area contributed by atoms with Crippen molar-refractivity contribution < 1.29 is 0 Å². The molecule has 0 bridgehead atoms. The van der Waals surface area contributed by atoms with E-state index in [1.165, 1.54) is 16.8 Å². The second-order valence-corrected chi connectivity index (χ2v) is 6.38. The fraction of sp³-hybridized carbons (Fsp3) is 0.190. The van der Waals surface area contributed by atoms with Crippen molar-refractivity contribution >= 4 is 16.9 Å². The van der Waals surface area contributed by atoms with Crippen molar-refractivity contribution in [2.75, 3.05) is 5.32 Å². The van der Waals surface area contributed by atoms with E-state index in [9.17, 15) is 0 Å². The predicted octanol–water partition coefficient (Wildman–Crippen LogP) is 4.10. The highest BCUT2D eigenvalue weighted by Gasteiger charge is 2.16. The van der Waals surface area contributed by atoms with E-state index in [-0.39, 0.29) is 0 Å². The second kappa shape index (κ2) is 6.96. The fourth-order valence-electron chi connectivity index (χ4n) is 3.24. The van der Waals surface area contributed by atoms with Crippen molar-refractivity contribution in [3.63, 3.8) is 0 Å². The lowest BCUT2D eigenvalue weighted by Gasteiger charge is -2.09. The molecule has 4 aromatic rings. The smallest absolute Gasteiger partial charge is 0.146 e. The Morgan fingerprint density at radius 3 is 2.50 bits per heavy atom. The third kappa shape index (κ3) is 3.04. The van der Waals surface area contributed by atoms with Crippen LogP contribution in [0.2, 0.25) is 0 Å². The molecule has 0 atom stereocenters. The Morgan fingerprint density at radius 1 is 0.923 bits per heavy atom. The summed E-state index contributed by atoms with van der Waals surface area (Å²) in [7, 11) is 0. The Balaban J connectivity index is 1.71. The van der Waals surface area contributed by atoms with Gasteiger partial charge in [-0.05, 0) is 37.1 Å². The third-order valence-electron chi connectivity index (χ3n) is 4.75. The van der Waals surface area contributed by atoms with Crippen LogP contribution >= 0.6 is 0 Å². The molecule has 3 heterocycles. The summed E-state index contributed by atoms with van der Waals surface area (Å²) < 4.78 is 2.26. The molecule has 0 radical (unpaired) electrons. The van der Waals surface area contributed by atoms with Crippen LogP contribution in [0.15, 0.2) is 61.1 Å². The zero-order chi connectivity index (χ0) is 17.9. The van der Waals surface area contributed by atoms with Gasteiger partial charge in [-0.3, -0.25) is 4.98 Å². The number of benzene rings is 1. The van der Waals surface area contributed by atoms with Crippen LogP contribution in [0, 0.1) is 13.8 Å². The van der Waals surface area contributed by atoms with Gasteiger partial charge in [0.1, 0.15) is 17.8 Å². The molecule has 3 aromatic heterocycles. The highest BCUT2D eigenvalue weighted by atomic mass is 15.1. The van der Waals surface area contributed by atoms with E-state index in [1.54, 1.807) is 12.5 Å². The molecule has 0 amide bonds. The number of hydrogen-bond acceptors (Lipinski definition) is 4. The van der Waals surface area contributed by atoms with E-state index < -0.39 is 0 Å². The van der Waals surface area contributed by atoms with Crippen molar-refractivity contribution in [3.05, 3.63) is 83.6 Å². The van der Waals surface area contributed by atoms with E-state index in [1.807, 2.05) is 24.3 Å². The Morgan fingerprint density at radius 2 is 1.73 bits per heavy atom. The number of fused-ring (bicyclic) bond motifs is 1. The van der Waals surface area contributed by atoms with Crippen LogP contribution in [0.4, 0.5) is 5.82 Å². The fourth-order valence-corrected chi connectivity index (χ4v) is 3.24. The summed E-state index contributed by atoms with van der Waals surface area (Å²) in [5.74, 6) is 0.855. The Bertz CT molecular complexity index is 1020. The maximum atomic E-state index is 4.57. The third-order valence-corrected chi connectivity index (χ3v) is 4.75. The van der Waals surface area contributed by atoms with Gasteiger partial charge < -0.3 is 9.88 Å². The summed E-state index contributed by atoms with van der Waals surface area (Å²) in [5.41, 5.74) is 5.62. The summed E-state index contributed by atoms with van der Waals surface area (Å²) in [5, 5.41) is 4.50. The number of nitrogens with one attached hydrogen (secondary N) is 1. The van der Waals surface area contributed by atoms with E-state index in [0.29, 0.717) is 6.54 Å². The van der Waals surface area contributed by atoms with Crippen LogP contribution in [-0.2, 0) is 13.1 Å². The lowest BCUT2D eigenvalue weighted by Crippen LogP contribution is -2.05. The molecular weight excluding hydrogens is 322 g/mol. The Hall–Kier alpha value is -3.21. The molecule has 0 aliphatic heterocycles. The van der Waals surface area contributed by atoms with Crippen molar-refractivity contribution in [1.82, 2.24) is 19.5 Å². The average molecular weight is 343 g/mol. The number of hydrogen-bond donors (Lipinski definition) is 1. The van der Waals surface area contributed by atoms with Gasteiger partial charge in [0.2, 0.25) is 0 Å². The van der Waals surface area contributed by atoms with Crippen molar-refractivity contribution in [2.24, 2.45) is 0 Å². The van der Waals surface area contributed by atoms with Crippen LogP contribution in [0.25, 0.3) is 11.0 Å². The molecule has 0 saturated heterocycles. The Labute approximate surface area is 152 Å². The van der Waals surface area contributed by atoms with Gasteiger partial charge in [-0.15, -0.1) is 0 Å². The van der Waals surface area contributed by atoms with Crippen LogP contribution in [0.1, 0.15) is 22.5 Å². The number of aromatic nitrogens is 4. The maximum Gasteiger partial charge on any atom is 0.146 e.